The maximum Gasteiger partial charge on any atom is 0.0861 e. The van der Waals surface area contributed by atoms with Gasteiger partial charge in [-0.05, 0) is 0 Å². The first-order valence-corrected chi connectivity index (χ1v) is 3.55. The Hall–Kier alpha value is -0.503. The molecule has 30 valence electrons. The van der Waals surface area contributed by atoms with Crippen molar-refractivity contribution in [3.05, 3.63) is 11.8 Å². The van der Waals surface area contributed by atoms with Gasteiger partial charge in [0.2, 0.25) is 0 Å². The van der Waals surface area contributed by atoms with E-state index in [9.17, 15) is 0 Å². The van der Waals surface area contributed by atoms with Crippen LogP contribution in [-0.4, -0.2) is 19.9 Å². The quantitative estimate of drug-likeness (QED) is 0.354. The van der Waals surface area contributed by atoms with Crippen LogP contribution in [0.25, 0.3) is 0 Å². The predicted octanol–water partition coefficient (Wildman–Crippen LogP) is 0.163. The summed E-state index contributed by atoms with van der Waals surface area (Å²) in [4.78, 5) is 0. The summed E-state index contributed by atoms with van der Waals surface area (Å²) in [6, 6.07) is 0. The molecule has 0 saturated heterocycles. The van der Waals surface area contributed by atoms with Crippen molar-refractivity contribution in [2.24, 2.45) is 0 Å². The third-order valence-corrected chi connectivity index (χ3v) is 2.23. The Balaban J connectivity index is 2.57. The highest BCUT2D eigenvalue weighted by Crippen LogP contribution is 1.78. The van der Waals surface area contributed by atoms with Crippen molar-refractivity contribution in [3.63, 3.8) is 0 Å². The fraction of sp³-hybridized carbons (Fsp3) is 0. The van der Waals surface area contributed by atoms with Gasteiger partial charge in [0.25, 0.3) is 0 Å². The van der Waals surface area contributed by atoms with Gasteiger partial charge in [-0.2, -0.15) is 0 Å². The summed E-state index contributed by atoms with van der Waals surface area (Å²) in [6.45, 7) is 0. The van der Waals surface area contributed by atoms with Crippen LogP contribution >= 0.6 is 0 Å². The second-order valence-corrected chi connectivity index (χ2v) is 3.13. The first kappa shape index (κ1) is 3.68. The molecule has 0 bridgehead atoms. The van der Waals surface area contributed by atoms with Crippen molar-refractivity contribution in [3.8, 4) is 0 Å². The van der Waals surface area contributed by atoms with Gasteiger partial charge in [-0.25, -0.2) is 0 Å². The number of allylic oxidation sites excluding steroid dienone is 1. The minimum atomic E-state index is -0.452. The zero-order valence-electron chi connectivity index (χ0n) is 3.31. The van der Waals surface area contributed by atoms with Crippen LogP contribution in [0, 0.1) is 5.41 Å². The average Bonchev–Trinajstić information content (AvgIpc) is 1.31. The lowest BCUT2D eigenvalue weighted by Gasteiger charge is -1.92. The standard InChI is InChI=1S/C4H5NSi/c5-4-6-2-1-3-6/h1-5H. The summed E-state index contributed by atoms with van der Waals surface area (Å²) in [5, 5.41) is 6.70. The fourth-order valence-corrected chi connectivity index (χ4v) is 0.911. The normalized spacial score (nSPS) is 15.7. The second-order valence-electron chi connectivity index (χ2n) is 1.17. The minimum Gasteiger partial charge on any atom is -0.313 e. The highest BCUT2D eigenvalue weighted by Gasteiger charge is 1.89. The molecule has 0 aromatic rings. The molecule has 0 spiro atoms. The van der Waals surface area contributed by atoms with Crippen molar-refractivity contribution < 1.29 is 0 Å². The van der Waals surface area contributed by atoms with Crippen LogP contribution in [-0.2, 0) is 0 Å². The van der Waals surface area contributed by atoms with E-state index in [4.69, 9.17) is 5.41 Å². The molecule has 0 amide bonds. The van der Waals surface area contributed by atoms with Gasteiger partial charge < -0.3 is 5.41 Å². The maximum atomic E-state index is 6.70. The summed E-state index contributed by atoms with van der Waals surface area (Å²) < 4.78 is 0. The van der Waals surface area contributed by atoms with Gasteiger partial charge in [0.1, 0.15) is 0 Å². The lowest BCUT2D eigenvalue weighted by Crippen LogP contribution is -2.08. The van der Waals surface area contributed by atoms with Gasteiger partial charge in [-0.15, -0.1) is 0 Å². The predicted molar refractivity (Wildman–Crippen MR) is 29.7 cm³/mol. The van der Waals surface area contributed by atoms with E-state index in [2.05, 4.69) is 11.4 Å². The number of rotatable bonds is 1. The van der Waals surface area contributed by atoms with Crippen LogP contribution in [0.2, 0.25) is 0 Å². The van der Waals surface area contributed by atoms with E-state index in [1.807, 2.05) is 6.08 Å². The molecule has 0 saturated carbocycles. The van der Waals surface area contributed by atoms with E-state index in [1.54, 1.807) is 0 Å². The van der Waals surface area contributed by atoms with Gasteiger partial charge in [-0.3, -0.25) is 0 Å². The Labute approximate surface area is 38.0 Å². The Bertz CT molecular complexity index is 120. The zero-order valence-corrected chi connectivity index (χ0v) is 4.31. The summed E-state index contributed by atoms with van der Waals surface area (Å²) in [7, 11) is -0.452. The zero-order chi connectivity index (χ0) is 4.41. The van der Waals surface area contributed by atoms with E-state index in [0.717, 1.165) is 0 Å². The van der Waals surface area contributed by atoms with Crippen LogP contribution in [0.3, 0.4) is 0 Å². The topological polar surface area (TPSA) is 23.9 Å². The third-order valence-electron chi connectivity index (χ3n) is 0.744. The molecule has 0 aromatic carbocycles. The van der Waals surface area contributed by atoms with Gasteiger partial charge in [0.15, 0.2) is 0 Å². The van der Waals surface area contributed by atoms with Gasteiger partial charge in [0, 0.05) is 5.84 Å². The molecule has 1 N–H and O–H groups in total. The van der Waals surface area contributed by atoms with Crippen LogP contribution in [0.15, 0.2) is 11.8 Å². The molecule has 1 aliphatic heterocycles. The molecule has 0 fully saturated rings. The molecule has 1 nitrogen and oxygen atoms in total. The number of nitrogens with one attached hydrogen (secondary N) is 1. The van der Waals surface area contributed by atoms with Crippen molar-refractivity contribution in [1.82, 2.24) is 0 Å². The highest BCUT2D eigenvalue weighted by atomic mass is 28.2. The van der Waals surface area contributed by atoms with Crippen LogP contribution in [0.4, 0.5) is 0 Å². The van der Waals surface area contributed by atoms with Crippen LogP contribution in [0.1, 0.15) is 0 Å². The number of hydrogen-bond donors (Lipinski definition) is 1. The Morgan fingerprint density at radius 2 is 2.33 bits per heavy atom. The highest BCUT2D eigenvalue weighted by molar-refractivity contribution is 6.96. The molecular formula is C4H5NSi. The second kappa shape index (κ2) is 1.30. The van der Waals surface area contributed by atoms with E-state index >= 15 is 0 Å². The Morgan fingerprint density at radius 1 is 1.67 bits per heavy atom. The molecule has 0 radical (unpaired) electrons. The van der Waals surface area contributed by atoms with Crippen LogP contribution < -0.4 is 0 Å². The lowest BCUT2D eigenvalue weighted by molar-refractivity contribution is 1.60. The van der Waals surface area contributed by atoms with Crippen molar-refractivity contribution in [2.75, 3.05) is 0 Å². The summed E-state index contributed by atoms with van der Waals surface area (Å²) in [6.07, 6.45) is 2.00. The van der Waals surface area contributed by atoms with Gasteiger partial charge >= 0.3 is 0 Å². The van der Waals surface area contributed by atoms with E-state index < -0.39 is 8.41 Å². The van der Waals surface area contributed by atoms with Crippen molar-refractivity contribution in [1.29, 1.82) is 5.41 Å². The third kappa shape index (κ3) is 0.388. The van der Waals surface area contributed by atoms with E-state index in [-0.39, 0.29) is 0 Å². The fourth-order valence-electron chi connectivity index (χ4n) is 0.304. The average molecular weight is 95.2 g/mol. The molecule has 6 heavy (non-hydrogen) atoms. The summed E-state index contributed by atoms with van der Waals surface area (Å²) in [5.74, 6) is 1.52. The SMILES string of the molecule is N=C[Si]1=CC=C1. The monoisotopic (exact) mass is 95.0 g/mol. The summed E-state index contributed by atoms with van der Waals surface area (Å²) >= 11 is 0. The molecular weight excluding hydrogens is 90.1 g/mol. The van der Waals surface area contributed by atoms with Crippen molar-refractivity contribution >= 4 is 19.9 Å². The lowest BCUT2D eigenvalue weighted by atomic mass is 10.7. The Morgan fingerprint density at radius 3 is 2.33 bits per heavy atom. The Kier molecular flexibility index (Phi) is 0.799. The van der Waals surface area contributed by atoms with E-state index in [0.29, 0.717) is 0 Å². The van der Waals surface area contributed by atoms with E-state index in [1.165, 1.54) is 5.84 Å². The molecule has 0 aliphatic carbocycles. The largest absolute Gasteiger partial charge is 0.313 e. The number of hydrogen-bond acceptors (Lipinski definition) is 1. The first-order valence-electron chi connectivity index (χ1n) is 1.82. The summed E-state index contributed by atoms with van der Waals surface area (Å²) in [5.41, 5.74) is 4.16. The molecule has 0 aromatic heterocycles. The maximum absolute atomic E-state index is 6.70. The molecule has 1 aliphatic rings. The first-order chi connectivity index (χ1) is 2.93. The molecule has 1 rings (SSSR count). The van der Waals surface area contributed by atoms with Crippen LogP contribution in [0.5, 0.6) is 0 Å². The smallest absolute Gasteiger partial charge is 0.0861 e. The van der Waals surface area contributed by atoms with Gasteiger partial charge in [0.05, 0.1) is 8.41 Å². The molecule has 0 atom stereocenters. The van der Waals surface area contributed by atoms with Gasteiger partial charge in [-0.1, -0.05) is 17.4 Å². The van der Waals surface area contributed by atoms with Crippen molar-refractivity contribution in [2.45, 2.75) is 0 Å². The molecule has 1 heterocycles. The minimum absolute atomic E-state index is 0.452. The molecule has 2 heteroatoms. The molecule has 0 unspecified atom stereocenters.